The van der Waals surface area contributed by atoms with Crippen molar-refractivity contribution in [3.8, 4) is 11.5 Å². The van der Waals surface area contributed by atoms with Crippen molar-refractivity contribution in [1.29, 1.82) is 0 Å². The molecule has 1 aromatic heterocycles. The predicted molar refractivity (Wildman–Crippen MR) is 136 cm³/mol. The molecule has 0 unspecified atom stereocenters. The fourth-order valence-corrected chi connectivity index (χ4v) is 5.73. The molecule has 0 N–H and O–H groups in total. The van der Waals surface area contributed by atoms with Crippen LogP contribution in [-0.4, -0.2) is 30.2 Å². The molecule has 7 nitrogen and oxygen atoms in total. The van der Waals surface area contributed by atoms with Crippen LogP contribution in [0.25, 0.3) is 6.08 Å². The van der Waals surface area contributed by atoms with Gasteiger partial charge in [0.15, 0.2) is 16.3 Å². The Balaban J connectivity index is 1.70. The molecule has 0 bridgehead atoms. The fraction of sp³-hybridized carbons (Fsp3) is 0.240. The topological polar surface area (TPSA) is 79.1 Å². The maximum Gasteiger partial charge on any atom is 0.338 e. The van der Waals surface area contributed by atoms with E-state index < -0.39 is 12.0 Å². The highest BCUT2D eigenvalue weighted by Gasteiger charge is 2.33. The minimum absolute atomic E-state index is 0.128. The van der Waals surface area contributed by atoms with E-state index in [1.54, 1.807) is 48.4 Å². The van der Waals surface area contributed by atoms with Crippen molar-refractivity contribution in [2.75, 3.05) is 19.7 Å². The molecule has 0 aliphatic carbocycles. The number of thiazole rings is 1. The Labute approximate surface area is 214 Å². The summed E-state index contributed by atoms with van der Waals surface area (Å²) in [6.45, 7) is 3.87. The SMILES string of the molecule is CCOC(=O)C1=C(C)N=c2s/c(=C\c3cc4c(cc3Cl)OCO4)c(=O)n2[C@@H]1c1ccc(SC)cc1. The van der Waals surface area contributed by atoms with Crippen LogP contribution < -0.4 is 24.4 Å². The Hall–Kier alpha value is -3.01. The number of hydrogen-bond donors (Lipinski definition) is 0. The van der Waals surface area contributed by atoms with Crippen LogP contribution in [-0.2, 0) is 9.53 Å². The zero-order chi connectivity index (χ0) is 24.7. The van der Waals surface area contributed by atoms with E-state index in [0.717, 1.165) is 10.5 Å². The molecule has 2 aliphatic heterocycles. The van der Waals surface area contributed by atoms with Crippen molar-refractivity contribution in [1.82, 2.24) is 4.57 Å². The van der Waals surface area contributed by atoms with Crippen molar-refractivity contribution in [3.05, 3.63) is 83.5 Å². The molecule has 0 radical (unpaired) electrons. The monoisotopic (exact) mass is 528 g/mol. The summed E-state index contributed by atoms with van der Waals surface area (Å²) in [7, 11) is 0. The first-order valence-electron chi connectivity index (χ1n) is 10.8. The van der Waals surface area contributed by atoms with E-state index in [1.165, 1.54) is 11.3 Å². The number of aromatic nitrogens is 1. The van der Waals surface area contributed by atoms with Crippen LogP contribution in [0.3, 0.4) is 0 Å². The van der Waals surface area contributed by atoms with Gasteiger partial charge < -0.3 is 14.2 Å². The maximum absolute atomic E-state index is 13.7. The lowest BCUT2D eigenvalue weighted by Crippen LogP contribution is -2.39. The van der Waals surface area contributed by atoms with Gasteiger partial charge in [-0.15, -0.1) is 11.8 Å². The normalized spacial score (nSPS) is 16.8. The molecule has 0 amide bonds. The number of thioether (sulfide) groups is 1. The quantitative estimate of drug-likeness (QED) is 0.369. The van der Waals surface area contributed by atoms with Crippen LogP contribution in [0.1, 0.15) is 31.0 Å². The molecule has 180 valence electrons. The van der Waals surface area contributed by atoms with Crippen LogP contribution in [0.15, 0.2) is 62.4 Å². The number of carbonyl (C=O) groups is 1. The number of rotatable bonds is 5. The van der Waals surface area contributed by atoms with Gasteiger partial charge in [-0.05, 0) is 55.5 Å². The predicted octanol–water partition coefficient (Wildman–Crippen LogP) is 3.90. The van der Waals surface area contributed by atoms with E-state index >= 15 is 0 Å². The van der Waals surface area contributed by atoms with E-state index in [-0.39, 0.29) is 19.0 Å². The van der Waals surface area contributed by atoms with Crippen molar-refractivity contribution in [3.63, 3.8) is 0 Å². The Morgan fingerprint density at radius 2 is 2.00 bits per heavy atom. The highest BCUT2D eigenvalue weighted by Crippen LogP contribution is 2.37. The van der Waals surface area contributed by atoms with Crippen LogP contribution in [0.5, 0.6) is 11.5 Å². The smallest absolute Gasteiger partial charge is 0.338 e. The molecule has 0 fully saturated rings. The largest absolute Gasteiger partial charge is 0.463 e. The van der Waals surface area contributed by atoms with Crippen LogP contribution >= 0.6 is 34.7 Å². The lowest BCUT2D eigenvalue weighted by molar-refractivity contribution is -0.139. The highest BCUT2D eigenvalue weighted by atomic mass is 35.5. The molecule has 3 heterocycles. The Morgan fingerprint density at radius 1 is 1.29 bits per heavy atom. The van der Waals surface area contributed by atoms with E-state index in [4.69, 9.17) is 25.8 Å². The first-order valence-corrected chi connectivity index (χ1v) is 13.3. The van der Waals surface area contributed by atoms with E-state index in [2.05, 4.69) is 4.99 Å². The first-order chi connectivity index (χ1) is 16.9. The standard InChI is InChI=1S/C25H21ClN2O5S2/c1-4-31-24(30)21-13(2)27-25-28(22(21)14-5-7-16(34-3)8-6-14)23(29)20(35-25)10-15-9-18-19(11-17(15)26)33-12-32-18/h5-11,22H,4,12H2,1-3H3/b20-10-/t22-/m1/s1. The number of carbonyl (C=O) groups excluding carboxylic acids is 1. The number of nitrogens with zero attached hydrogens (tertiary/aromatic N) is 2. The second-order valence-corrected chi connectivity index (χ2v) is 10.1. The molecular formula is C25H21ClN2O5S2. The molecule has 2 aliphatic rings. The lowest BCUT2D eigenvalue weighted by Gasteiger charge is -2.24. The van der Waals surface area contributed by atoms with Crippen molar-refractivity contribution < 1.29 is 19.0 Å². The molecule has 3 aromatic rings. The average molecular weight is 529 g/mol. The van der Waals surface area contributed by atoms with Gasteiger partial charge in [0.2, 0.25) is 6.79 Å². The lowest BCUT2D eigenvalue weighted by atomic mass is 9.96. The van der Waals surface area contributed by atoms with Gasteiger partial charge >= 0.3 is 5.97 Å². The van der Waals surface area contributed by atoms with Crippen molar-refractivity contribution >= 4 is 46.7 Å². The Morgan fingerprint density at radius 3 is 2.69 bits per heavy atom. The molecular weight excluding hydrogens is 508 g/mol. The van der Waals surface area contributed by atoms with Gasteiger partial charge in [0.25, 0.3) is 5.56 Å². The molecule has 0 saturated carbocycles. The van der Waals surface area contributed by atoms with Gasteiger partial charge in [-0.25, -0.2) is 9.79 Å². The molecule has 1 atom stereocenters. The van der Waals surface area contributed by atoms with Crippen LogP contribution in [0.2, 0.25) is 5.02 Å². The molecule has 10 heteroatoms. The van der Waals surface area contributed by atoms with Crippen LogP contribution in [0, 0.1) is 0 Å². The van der Waals surface area contributed by atoms with Gasteiger partial charge in [-0.3, -0.25) is 9.36 Å². The van der Waals surface area contributed by atoms with Crippen molar-refractivity contribution in [2.45, 2.75) is 24.8 Å². The highest BCUT2D eigenvalue weighted by molar-refractivity contribution is 7.98. The minimum atomic E-state index is -0.657. The summed E-state index contributed by atoms with van der Waals surface area (Å²) in [6.07, 6.45) is 3.71. The van der Waals surface area contributed by atoms with Gasteiger partial charge in [0.1, 0.15) is 0 Å². The summed E-state index contributed by atoms with van der Waals surface area (Å²) in [5.41, 5.74) is 2.04. The fourth-order valence-electron chi connectivity index (χ4n) is 4.08. The minimum Gasteiger partial charge on any atom is -0.463 e. The number of allylic oxidation sites excluding steroid dienone is 1. The molecule has 5 rings (SSSR count). The number of halogens is 1. The second-order valence-electron chi connectivity index (χ2n) is 7.80. The third-order valence-electron chi connectivity index (χ3n) is 5.73. The van der Waals surface area contributed by atoms with Gasteiger partial charge in [-0.2, -0.15) is 0 Å². The number of benzene rings is 2. The number of fused-ring (bicyclic) bond motifs is 2. The summed E-state index contributed by atoms with van der Waals surface area (Å²) in [6, 6.07) is 10.6. The van der Waals surface area contributed by atoms with E-state index in [9.17, 15) is 9.59 Å². The van der Waals surface area contributed by atoms with Gasteiger partial charge in [0.05, 0.1) is 33.5 Å². The van der Waals surface area contributed by atoms with Gasteiger partial charge in [-0.1, -0.05) is 35.1 Å². The third-order valence-corrected chi connectivity index (χ3v) is 7.78. The van der Waals surface area contributed by atoms with E-state index in [0.29, 0.717) is 42.7 Å². The summed E-state index contributed by atoms with van der Waals surface area (Å²) in [4.78, 5) is 32.9. The second kappa shape index (κ2) is 9.56. The summed E-state index contributed by atoms with van der Waals surface area (Å²) in [5.74, 6) is 0.651. The Bertz CT molecular complexity index is 1540. The summed E-state index contributed by atoms with van der Waals surface area (Å²) < 4.78 is 18.2. The average Bonchev–Trinajstić information content (AvgIpc) is 3.42. The Kier molecular flexibility index (Phi) is 6.48. The molecule has 35 heavy (non-hydrogen) atoms. The van der Waals surface area contributed by atoms with Crippen molar-refractivity contribution in [2.24, 2.45) is 4.99 Å². The zero-order valence-electron chi connectivity index (χ0n) is 19.2. The number of ether oxygens (including phenoxy) is 3. The molecule has 0 spiro atoms. The number of esters is 1. The zero-order valence-corrected chi connectivity index (χ0v) is 21.6. The first kappa shape index (κ1) is 23.7. The molecule has 0 saturated heterocycles. The summed E-state index contributed by atoms with van der Waals surface area (Å²) in [5, 5.41) is 0.438. The number of hydrogen-bond acceptors (Lipinski definition) is 8. The maximum atomic E-state index is 13.7. The van der Waals surface area contributed by atoms with Crippen LogP contribution in [0.4, 0.5) is 0 Å². The van der Waals surface area contributed by atoms with E-state index in [1.807, 2.05) is 30.5 Å². The van der Waals surface area contributed by atoms with Gasteiger partial charge in [0, 0.05) is 11.0 Å². The summed E-state index contributed by atoms with van der Waals surface area (Å²) >= 11 is 9.31. The molecule has 2 aromatic carbocycles. The third kappa shape index (κ3) is 4.28.